The van der Waals surface area contributed by atoms with Crippen LogP contribution in [0.15, 0.2) is 48.5 Å². The van der Waals surface area contributed by atoms with Crippen molar-refractivity contribution in [2.24, 2.45) is 0 Å². The number of hydrogen-bond donors (Lipinski definition) is 1. The van der Waals surface area contributed by atoms with Crippen LogP contribution >= 0.6 is 0 Å². The van der Waals surface area contributed by atoms with Crippen molar-refractivity contribution < 1.29 is 22.4 Å². The Morgan fingerprint density at radius 3 is 2.15 bits per heavy atom. The molecule has 10 heteroatoms. The molecule has 1 N–H and O–H groups in total. The highest BCUT2D eigenvalue weighted by atomic mass is 32.2. The number of aryl methyl sites for hydroxylation is 1. The first-order valence-electron chi connectivity index (χ1n) is 10.9. The van der Waals surface area contributed by atoms with Gasteiger partial charge in [-0.15, -0.1) is 0 Å². The predicted molar refractivity (Wildman–Crippen MR) is 131 cm³/mol. The van der Waals surface area contributed by atoms with Gasteiger partial charge in [0.25, 0.3) is 0 Å². The fraction of sp³-hybridized carbons (Fsp3) is 0.417. The molecule has 0 spiro atoms. The van der Waals surface area contributed by atoms with Crippen molar-refractivity contribution in [3.8, 4) is 0 Å². The van der Waals surface area contributed by atoms with E-state index in [1.807, 2.05) is 45.0 Å². The number of benzene rings is 2. The Morgan fingerprint density at radius 2 is 1.59 bits per heavy atom. The maximum atomic E-state index is 14.6. The Morgan fingerprint density at radius 1 is 1.00 bits per heavy atom. The zero-order valence-electron chi connectivity index (χ0n) is 20.4. The largest absolute Gasteiger partial charge is 0.352 e. The summed E-state index contributed by atoms with van der Waals surface area (Å²) >= 11 is 0. The lowest BCUT2D eigenvalue weighted by molar-refractivity contribution is -0.139. The number of carbonyl (C=O) groups excluding carboxylic acids is 2. The minimum atomic E-state index is -4.21. The molecular formula is C24H33FN4O4S. The van der Waals surface area contributed by atoms with E-state index in [0.29, 0.717) is 0 Å². The molecule has 186 valence electrons. The van der Waals surface area contributed by atoms with Crippen molar-refractivity contribution in [2.75, 3.05) is 24.9 Å². The van der Waals surface area contributed by atoms with Gasteiger partial charge in [-0.2, -0.15) is 12.7 Å². The molecule has 8 nitrogen and oxygen atoms in total. The summed E-state index contributed by atoms with van der Waals surface area (Å²) in [4.78, 5) is 27.7. The zero-order chi connectivity index (χ0) is 25.6. The van der Waals surface area contributed by atoms with Crippen molar-refractivity contribution in [2.45, 2.75) is 46.3 Å². The molecule has 1 atom stereocenters. The smallest absolute Gasteiger partial charge is 0.304 e. The van der Waals surface area contributed by atoms with Crippen LogP contribution in [0, 0.1) is 12.7 Å². The summed E-state index contributed by atoms with van der Waals surface area (Å²) in [6, 6.07) is 11.7. The van der Waals surface area contributed by atoms with Gasteiger partial charge in [-0.1, -0.05) is 36.4 Å². The molecule has 34 heavy (non-hydrogen) atoms. The number of carbonyl (C=O) groups is 2. The maximum Gasteiger partial charge on any atom is 0.304 e. The van der Waals surface area contributed by atoms with Gasteiger partial charge in [-0.3, -0.25) is 9.59 Å². The topological polar surface area (TPSA) is 90.0 Å². The van der Waals surface area contributed by atoms with E-state index in [1.54, 1.807) is 6.92 Å². The molecule has 0 unspecified atom stereocenters. The summed E-state index contributed by atoms with van der Waals surface area (Å²) in [6.07, 6.45) is 0. The highest BCUT2D eigenvalue weighted by Crippen LogP contribution is 2.24. The van der Waals surface area contributed by atoms with Crippen LogP contribution in [0.2, 0.25) is 0 Å². The average Bonchev–Trinajstić information content (AvgIpc) is 2.76. The molecule has 2 aromatic rings. The van der Waals surface area contributed by atoms with Gasteiger partial charge in [0.15, 0.2) is 0 Å². The van der Waals surface area contributed by atoms with E-state index in [2.05, 4.69) is 5.32 Å². The Balaban J connectivity index is 2.49. The number of nitrogens with zero attached hydrogens (tertiary/aromatic N) is 3. The quantitative estimate of drug-likeness (QED) is 0.552. The number of halogens is 1. The minimum Gasteiger partial charge on any atom is -0.352 e. The summed E-state index contributed by atoms with van der Waals surface area (Å²) < 4.78 is 42.3. The Kier molecular flexibility index (Phi) is 9.17. The summed E-state index contributed by atoms with van der Waals surface area (Å²) in [5.74, 6) is -1.79. The van der Waals surface area contributed by atoms with Crippen molar-refractivity contribution in [3.05, 3.63) is 65.5 Å². The van der Waals surface area contributed by atoms with Crippen LogP contribution in [-0.4, -0.2) is 62.2 Å². The molecule has 0 heterocycles. The third kappa shape index (κ3) is 6.54. The Hall–Kier alpha value is -2.98. The molecule has 0 aliphatic heterocycles. The Labute approximate surface area is 201 Å². The van der Waals surface area contributed by atoms with Gasteiger partial charge in [0, 0.05) is 26.7 Å². The molecule has 0 saturated heterocycles. The van der Waals surface area contributed by atoms with Gasteiger partial charge >= 0.3 is 10.2 Å². The van der Waals surface area contributed by atoms with Crippen molar-refractivity contribution in [3.63, 3.8) is 0 Å². The fourth-order valence-corrected chi connectivity index (χ4v) is 4.38. The summed E-state index contributed by atoms with van der Waals surface area (Å²) in [5.41, 5.74) is 1.48. The fourth-order valence-electron chi connectivity index (χ4n) is 3.31. The maximum absolute atomic E-state index is 14.6. The van der Waals surface area contributed by atoms with Gasteiger partial charge in [-0.05, 0) is 51.0 Å². The molecule has 2 aromatic carbocycles. The van der Waals surface area contributed by atoms with E-state index in [0.717, 1.165) is 25.8 Å². The Bertz CT molecular complexity index is 1120. The summed E-state index contributed by atoms with van der Waals surface area (Å²) in [5, 5.41) is 2.79. The van der Waals surface area contributed by atoms with Crippen molar-refractivity contribution in [1.82, 2.24) is 14.5 Å². The SMILES string of the molecule is Cc1ccccc1CN(C(=O)CN(c1ccccc1F)S(=O)(=O)N(C)C)[C@@H](C)C(=O)NC(C)C. The zero-order valence-corrected chi connectivity index (χ0v) is 21.3. The first-order valence-corrected chi connectivity index (χ1v) is 12.3. The number of hydrogen-bond acceptors (Lipinski definition) is 4. The molecule has 0 saturated carbocycles. The summed E-state index contributed by atoms with van der Waals surface area (Å²) in [6.45, 7) is 6.50. The lowest BCUT2D eigenvalue weighted by Gasteiger charge is -2.33. The number of para-hydroxylation sites is 1. The van der Waals surface area contributed by atoms with Gasteiger partial charge in [0.2, 0.25) is 11.8 Å². The number of amides is 2. The molecular weight excluding hydrogens is 459 g/mol. The van der Waals surface area contributed by atoms with E-state index >= 15 is 0 Å². The van der Waals surface area contributed by atoms with Gasteiger partial charge in [0.05, 0.1) is 5.69 Å². The lowest BCUT2D eigenvalue weighted by atomic mass is 10.1. The van der Waals surface area contributed by atoms with Crippen LogP contribution in [0.25, 0.3) is 0 Å². The molecule has 0 aromatic heterocycles. The minimum absolute atomic E-state index is 0.0886. The molecule has 2 rings (SSSR count). The standard InChI is InChI=1S/C24H33FN4O4S/c1-17(2)26-24(31)19(4)28(15-20-12-8-7-11-18(20)3)23(30)16-29(34(32,33)27(5)6)22-14-10-9-13-21(22)25/h7-14,17,19H,15-16H2,1-6H3,(H,26,31)/t19-/m0/s1. The van der Waals surface area contributed by atoms with Crippen LogP contribution in [0.4, 0.5) is 10.1 Å². The predicted octanol–water partition coefficient (Wildman–Crippen LogP) is 2.69. The second kappa shape index (κ2) is 11.4. The molecule has 0 fully saturated rings. The van der Waals surface area contributed by atoms with E-state index in [9.17, 15) is 22.4 Å². The monoisotopic (exact) mass is 492 g/mol. The van der Waals surface area contributed by atoms with Crippen LogP contribution in [0.5, 0.6) is 0 Å². The molecule has 2 amide bonds. The van der Waals surface area contributed by atoms with Gasteiger partial charge in [-0.25, -0.2) is 8.70 Å². The van der Waals surface area contributed by atoms with E-state index in [-0.39, 0.29) is 24.2 Å². The van der Waals surface area contributed by atoms with Crippen LogP contribution in [0.1, 0.15) is 31.9 Å². The summed E-state index contributed by atoms with van der Waals surface area (Å²) in [7, 11) is -1.60. The van der Waals surface area contributed by atoms with Crippen molar-refractivity contribution >= 4 is 27.7 Å². The van der Waals surface area contributed by atoms with Crippen LogP contribution in [-0.2, 0) is 26.3 Å². The number of anilines is 1. The third-order valence-corrected chi connectivity index (χ3v) is 7.15. The van der Waals surface area contributed by atoms with E-state index in [1.165, 1.54) is 37.2 Å². The highest BCUT2D eigenvalue weighted by molar-refractivity contribution is 7.90. The highest BCUT2D eigenvalue weighted by Gasteiger charge is 2.33. The number of nitrogens with one attached hydrogen (secondary N) is 1. The molecule has 0 bridgehead atoms. The number of rotatable bonds is 10. The second-order valence-electron chi connectivity index (χ2n) is 8.54. The average molecular weight is 493 g/mol. The molecule has 0 aliphatic rings. The lowest BCUT2D eigenvalue weighted by Crippen LogP contribution is -2.53. The van der Waals surface area contributed by atoms with Crippen LogP contribution in [0.3, 0.4) is 0 Å². The van der Waals surface area contributed by atoms with Gasteiger partial charge in [0.1, 0.15) is 18.4 Å². The first kappa shape index (κ1) is 27.3. The van der Waals surface area contributed by atoms with Gasteiger partial charge < -0.3 is 10.2 Å². The van der Waals surface area contributed by atoms with Crippen LogP contribution < -0.4 is 9.62 Å². The second-order valence-corrected chi connectivity index (χ2v) is 10.6. The molecule has 0 aliphatic carbocycles. The van der Waals surface area contributed by atoms with E-state index < -0.39 is 34.5 Å². The van der Waals surface area contributed by atoms with Crippen molar-refractivity contribution in [1.29, 1.82) is 0 Å². The third-order valence-electron chi connectivity index (χ3n) is 5.34. The normalized spacial score (nSPS) is 12.5. The van der Waals surface area contributed by atoms with E-state index in [4.69, 9.17) is 0 Å². The molecule has 0 radical (unpaired) electrons. The first-order chi connectivity index (χ1) is 15.9.